The first-order valence-corrected chi connectivity index (χ1v) is 7.94. The van der Waals surface area contributed by atoms with Crippen molar-refractivity contribution < 1.29 is 13.2 Å². The second-order valence-electron chi connectivity index (χ2n) is 4.41. The maximum Gasteiger partial charge on any atom is 0.251 e. The molecule has 3 N–H and O–H groups in total. The number of hydrogen-bond acceptors (Lipinski definition) is 4. The zero-order valence-electron chi connectivity index (χ0n) is 12.3. The predicted molar refractivity (Wildman–Crippen MR) is 85.4 cm³/mol. The molecule has 0 bridgehead atoms. The summed E-state index contributed by atoms with van der Waals surface area (Å²) in [7, 11) is -2.02. The minimum atomic E-state index is -3.54. The fraction of sp³-hybridized carbons (Fsp3) is 0.462. The summed E-state index contributed by atoms with van der Waals surface area (Å²) in [5, 5.41) is 5.60. The molecule has 6 nitrogen and oxygen atoms in total. The molecule has 0 saturated carbocycles. The van der Waals surface area contributed by atoms with Gasteiger partial charge in [-0.2, -0.15) is 0 Å². The molecule has 0 radical (unpaired) electrons. The smallest absolute Gasteiger partial charge is 0.251 e. The lowest BCUT2D eigenvalue weighted by Crippen LogP contribution is -2.38. The molecule has 120 valence electrons. The Bertz CT molecular complexity index is 546. The highest BCUT2D eigenvalue weighted by Gasteiger charge is 2.15. The van der Waals surface area contributed by atoms with Crippen LogP contribution in [-0.2, 0) is 10.0 Å². The molecule has 0 aliphatic rings. The number of halogens is 1. The van der Waals surface area contributed by atoms with Gasteiger partial charge in [-0.1, -0.05) is 6.92 Å². The van der Waals surface area contributed by atoms with Crippen molar-refractivity contribution in [2.45, 2.75) is 24.8 Å². The minimum absolute atomic E-state index is 0. The van der Waals surface area contributed by atoms with Crippen LogP contribution in [0.15, 0.2) is 29.2 Å². The number of amides is 1. The van der Waals surface area contributed by atoms with Crippen molar-refractivity contribution >= 4 is 28.3 Å². The summed E-state index contributed by atoms with van der Waals surface area (Å²) in [6.45, 7) is 4.96. The van der Waals surface area contributed by atoms with Crippen LogP contribution >= 0.6 is 12.4 Å². The van der Waals surface area contributed by atoms with E-state index in [0.717, 1.165) is 6.54 Å². The van der Waals surface area contributed by atoms with Crippen molar-refractivity contribution in [3.63, 3.8) is 0 Å². The van der Waals surface area contributed by atoms with Gasteiger partial charge >= 0.3 is 0 Å². The topological polar surface area (TPSA) is 87.3 Å². The van der Waals surface area contributed by atoms with E-state index in [0.29, 0.717) is 12.1 Å². The third-order valence-corrected chi connectivity index (χ3v) is 4.23. The van der Waals surface area contributed by atoms with E-state index in [2.05, 4.69) is 15.4 Å². The molecule has 0 spiro atoms. The number of carbonyl (C=O) groups is 1. The Morgan fingerprint density at radius 2 is 1.81 bits per heavy atom. The van der Waals surface area contributed by atoms with E-state index >= 15 is 0 Å². The summed E-state index contributed by atoms with van der Waals surface area (Å²) in [5.41, 5.74) is 0.424. The maximum atomic E-state index is 12.1. The Kier molecular flexibility index (Phi) is 8.50. The summed E-state index contributed by atoms with van der Waals surface area (Å²) < 4.78 is 26.6. The zero-order valence-corrected chi connectivity index (χ0v) is 14.0. The molecule has 0 fully saturated rings. The Labute approximate surface area is 132 Å². The molecule has 8 heteroatoms. The van der Waals surface area contributed by atoms with E-state index in [1.165, 1.54) is 31.3 Å². The van der Waals surface area contributed by atoms with Crippen molar-refractivity contribution in [2.75, 3.05) is 20.1 Å². The molecule has 0 aromatic heterocycles. The van der Waals surface area contributed by atoms with Gasteiger partial charge in [0.05, 0.1) is 4.90 Å². The van der Waals surface area contributed by atoms with Gasteiger partial charge in [0, 0.05) is 25.2 Å². The van der Waals surface area contributed by atoms with Crippen LogP contribution in [0.3, 0.4) is 0 Å². The lowest BCUT2D eigenvalue weighted by Gasteiger charge is -2.13. The molecular weight excluding hydrogens is 314 g/mol. The molecule has 1 atom stereocenters. The SMILES string of the molecule is CCN[C@H](C)CNS(=O)(=O)c1ccc(C(=O)NC)cc1.Cl. The van der Waals surface area contributed by atoms with Crippen molar-refractivity contribution in [2.24, 2.45) is 0 Å². The van der Waals surface area contributed by atoms with Gasteiger partial charge in [0.2, 0.25) is 10.0 Å². The fourth-order valence-corrected chi connectivity index (χ4v) is 2.80. The zero-order chi connectivity index (χ0) is 15.2. The first kappa shape index (κ1) is 19.9. The van der Waals surface area contributed by atoms with E-state index in [9.17, 15) is 13.2 Å². The molecule has 1 aromatic rings. The second kappa shape index (κ2) is 8.99. The maximum absolute atomic E-state index is 12.1. The molecular formula is C13H22ClN3O3S. The normalized spacial score (nSPS) is 12.3. The van der Waals surface area contributed by atoms with Gasteiger partial charge in [-0.3, -0.25) is 4.79 Å². The van der Waals surface area contributed by atoms with Gasteiger partial charge in [-0.25, -0.2) is 13.1 Å². The van der Waals surface area contributed by atoms with Crippen LogP contribution in [-0.4, -0.2) is 40.5 Å². The largest absolute Gasteiger partial charge is 0.355 e. The fourth-order valence-electron chi connectivity index (χ4n) is 1.67. The summed E-state index contributed by atoms with van der Waals surface area (Å²) in [5.74, 6) is -0.248. The van der Waals surface area contributed by atoms with Crippen LogP contribution in [0.2, 0.25) is 0 Å². The number of carbonyl (C=O) groups excluding carboxylic acids is 1. The monoisotopic (exact) mass is 335 g/mol. The van der Waals surface area contributed by atoms with E-state index in [4.69, 9.17) is 0 Å². The number of nitrogens with one attached hydrogen (secondary N) is 3. The average Bonchev–Trinajstić information content (AvgIpc) is 2.45. The predicted octanol–water partition coefficient (Wildman–Crippen LogP) is 0.744. The lowest BCUT2D eigenvalue weighted by molar-refractivity contribution is 0.0963. The molecule has 0 saturated heterocycles. The molecule has 0 unspecified atom stereocenters. The van der Waals surface area contributed by atoms with Gasteiger partial charge in [-0.15, -0.1) is 12.4 Å². The van der Waals surface area contributed by atoms with E-state index in [-0.39, 0.29) is 29.3 Å². The Morgan fingerprint density at radius 3 is 2.29 bits per heavy atom. The summed E-state index contributed by atoms with van der Waals surface area (Å²) in [4.78, 5) is 11.5. The minimum Gasteiger partial charge on any atom is -0.355 e. The van der Waals surface area contributed by atoms with Crippen LogP contribution in [0.4, 0.5) is 0 Å². The van der Waals surface area contributed by atoms with Crippen LogP contribution < -0.4 is 15.4 Å². The number of benzene rings is 1. The highest BCUT2D eigenvalue weighted by Crippen LogP contribution is 2.10. The average molecular weight is 336 g/mol. The van der Waals surface area contributed by atoms with E-state index in [1.807, 2.05) is 13.8 Å². The van der Waals surface area contributed by atoms with Crippen molar-refractivity contribution in [1.82, 2.24) is 15.4 Å². The molecule has 0 aliphatic heterocycles. The third kappa shape index (κ3) is 6.01. The highest BCUT2D eigenvalue weighted by molar-refractivity contribution is 7.89. The summed E-state index contributed by atoms with van der Waals surface area (Å²) in [6, 6.07) is 5.87. The lowest BCUT2D eigenvalue weighted by atomic mass is 10.2. The molecule has 0 aliphatic carbocycles. The number of sulfonamides is 1. The summed E-state index contributed by atoms with van der Waals surface area (Å²) >= 11 is 0. The molecule has 1 aromatic carbocycles. The number of likely N-dealkylation sites (N-methyl/N-ethyl adjacent to an activating group) is 1. The Morgan fingerprint density at radius 1 is 1.24 bits per heavy atom. The first-order valence-electron chi connectivity index (χ1n) is 6.46. The molecule has 1 amide bonds. The molecule has 21 heavy (non-hydrogen) atoms. The first-order chi connectivity index (χ1) is 9.40. The van der Waals surface area contributed by atoms with Crippen LogP contribution in [0, 0.1) is 0 Å². The van der Waals surface area contributed by atoms with Gasteiger partial charge in [0.15, 0.2) is 0 Å². The van der Waals surface area contributed by atoms with Crippen LogP contribution in [0.1, 0.15) is 24.2 Å². The van der Waals surface area contributed by atoms with Gasteiger partial charge in [-0.05, 0) is 37.7 Å². The highest BCUT2D eigenvalue weighted by atomic mass is 35.5. The number of rotatable bonds is 7. The Balaban J connectivity index is 0.00000400. The molecule has 1 rings (SSSR count). The second-order valence-corrected chi connectivity index (χ2v) is 6.18. The van der Waals surface area contributed by atoms with Gasteiger partial charge in [0.1, 0.15) is 0 Å². The van der Waals surface area contributed by atoms with Crippen LogP contribution in [0.25, 0.3) is 0 Å². The van der Waals surface area contributed by atoms with Crippen molar-refractivity contribution in [1.29, 1.82) is 0 Å². The summed E-state index contributed by atoms with van der Waals surface area (Å²) in [6.07, 6.45) is 0. The van der Waals surface area contributed by atoms with Crippen LogP contribution in [0.5, 0.6) is 0 Å². The van der Waals surface area contributed by atoms with Crippen molar-refractivity contribution in [3.8, 4) is 0 Å². The quantitative estimate of drug-likeness (QED) is 0.686. The standard InChI is InChI=1S/C13H21N3O3S.ClH/c1-4-15-10(2)9-16-20(18,19)12-7-5-11(6-8-12)13(17)14-3;/h5-8,10,15-16H,4,9H2,1-3H3,(H,14,17);1H/t10-;/m1./s1. The van der Waals surface area contributed by atoms with E-state index in [1.54, 1.807) is 0 Å². The van der Waals surface area contributed by atoms with E-state index < -0.39 is 10.0 Å². The molecule has 0 heterocycles. The van der Waals surface area contributed by atoms with Crippen molar-refractivity contribution in [3.05, 3.63) is 29.8 Å². The Hall–Kier alpha value is -1.15. The van der Waals surface area contributed by atoms with Gasteiger partial charge < -0.3 is 10.6 Å². The van der Waals surface area contributed by atoms with Gasteiger partial charge in [0.25, 0.3) is 5.91 Å². The third-order valence-electron chi connectivity index (χ3n) is 2.79. The number of hydrogen-bond donors (Lipinski definition) is 3.